The third-order valence-corrected chi connectivity index (χ3v) is 19.0. The fourth-order valence-corrected chi connectivity index (χ4v) is 17.8. The molecule has 3 nitrogen and oxygen atoms in total. The molecule has 0 fully saturated rings. The SMILES string of the molecule is CCC[CH2][Sn](/[CH]=C/CCOC1=CC(=O)OC1)([CH2]CCC)[CH2]CCC. The van der Waals surface area contributed by atoms with E-state index in [4.69, 9.17) is 9.47 Å². The summed E-state index contributed by atoms with van der Waals surface area (Å²) in [6.07, 6.45) is 12.9. The number of hydrogen-bond donors (Lipinski definition) is 0. The van der Waals surface area contributed by atoms with Gasteiger partial charge in [0.1, 0.15) is 0 Å². The molecule has 1 heterocycles. The van der Waals surface area contributed by atoms with Gasteiger partial charge in [-0.3, -0.25) is 0 Å². The number of carbonyl (C=O) groups excluding carboxylic acids is 1. The van der Waals surface area contributed by atoms with Crippen LogP contribution in [0.5, 0.6) is 0 Å². The van der Waals surface area contributed by atoms with Gasteiger partial charge >= 0.3 is 153 Å². The van der Waals surface area contributed by atoms with Crippen molar-refractivity contribution in [3.8, 4) is 0 Å². The van der Waals surface area contributed by atoms with Crippen molar-refractivity contribution in [3.63, 3.8) is 0 Å². The van der Waals surface area contributed by atoms with E-state index >= 15 is 0 Å². The van der Waals surface area contributed by atoms with Gasteiger partial charge < -0.3 is 0 Å². The fraction of sp³-hybridized carbons (Fsp3) is 0.750. The van der Waals surface area contributed by atoms with Gasteiger partial charge in [-0.2, -0.15) is 0 Å². The molecule has 0 unspecified atom stereocenters. The molecule has 0 aliphatic carbocycles. The van der Waals surface area contributed by atoms with Crippen LogP contribution in [0.2, 0.25) is 13.3 Å². The van der Waals surface area contributed by atoms with Crippen LogP contribution in [0.25, 0.3) is 0 Å². The Morgan fingerprint density at radius 3 is 2.12 bits per heavy atom. The van der Waals surface area contributed by atoms with Crippen LogP contribution in [0.15, 0.2) is 22.0 Å². The first kappa shape index (κ1) is 21.6. The summed E-state index contributed by atoms with van der Waals surface area (Å²) in [6, 6.07) is 0. The van der Waals surface area contributed by atoms with Gasteiger partial charge in [0, 0.05) is 0 Å². The molecule has 0 amide bonds. The molecule has 0 saturated carbocycles. The van der Waals surface area contributed by atoms with E-state index in [0.717, 1.165) is 6.42 Å². The van der Waals surface area contributed by atoms with Crippen molar-refractivity contribution < 1.29 is 14.3 Å². The van der Waals surface area contributed by atoms with Crippen LogP contribution in [-0.4, -0.2) is 37.6 Å². The van der Waals surface area contributed by atoms with Crippen LogP contribution in [0, 0.1) is 0 Å². The topological polar surface area (TPSA) is 35.5 Å². The first-order valence-corrected chi connectivity index (χ1v) is 17.5. The summed E-state index contributed by atoms with van der Waals surface area (Å²) in [7, 11) is 0. The zero-order valence-electron chi connectivity index (χ0n) is 15.9. The van der Waals surface area contributed by atoms with Crippen molar-refractivity contribution in [2.75, 3.05) is 13.2 Å². The zero-order chi connectivity index (χ0) is 17.7. The predicted octanol–water partition coefficient (Wildman–Crippen LogP) is 5.78. The van der Waals surface area contributed by atoms with Gasteiger partial charge in [-0.1, -0.05) is 0 Å². The summed E-state index contributed by atoms with van der Waals surface area (Å²) in [5.41, 5.74) is 0. The van der Waals surface area contributed by atoms with Crippen molar-refractivity contribution in [1.29, 1.82) is 0 Å². The van der Waals surface area contributed by atoms with Crippen molar-refractivity contribution in [2.24, 2.45) is 0 Å². The second-order valence-corrected chi connectivity index (χ2v) is 19.9. The van der Waals surface area contributed by atoms with Gasteiger partial charge in [0.25, 0.3) is 0 Å². The second-order valence-electron chi connectivity index (χ2n) is 6.93. The Balaban J connectivity index is 2.52. The number of esters is 1. The van der Waals surface area contributed by atoms with Crippen molar-refractivity contribution in [3.05, 3.63) is 22.0 Å². The van der Waals surface area contributed by atoms with E-state index in [1.807, 2.05) is 0 Å². The monoisotopic (exact) mass is 444 g/mol. The van der Waals surface area contributed by atoms with Gasteiger partial charge in [0.05, 0.1) is 0 Å². The van der Waals surface area contributed by atoms with Crippen LogP contribution < -0.4 is 0 Å². The number of hydrogen-bond acceptors (Lipinski definition) is 3. The average molecular weight is 443 g/mol. The number of carbonyl (C=O) groups is 1. The van der Waals surface area contributed by atoms with Crippen LogP contribution in [0.4, 0.5) is 0 Å². The molecule has 1 aliphatic rings. The summed E-state index contributed by atoms with van der Waals surface area (Å²) in [5, 5.41) is 0. The molecule has 0 radical (unpaired) electrons. The van der Waals surface area contributed by atoms with E-state index in [1.54, 1.807) is 0 Å². The molecule has 1 rings (SSSR count). The minimum atomic E-state index is -2.12. The van der Waals surface area contributed by atoms with Gasteiger partial charge in [0.15, 0.2) is 0 Å². The quantitative estimate of drug-likeness (QED) is 0.194. The first-order chi connectivity index (χ1) is 11.7. The molecule has 0 saturated heterocycles. The van der Waals surface area contributed by atoms with Crippen molar-refractivity contribution >= 4 is 24.3 Å². The third-order valence-electron chi connectivity index (χ3n) is 4.76. The summed E-state index contributed by atoms with van der Waals surface area (Å²) in [6.45, 7) is 7.89. The van der Waals surface area contributed by atoms with Crippen molar-refractivity contribution in [1.82, 2.24) is 0 Å². The predicted molar refractivity (Wildman–Crippen MR) is 104 cm³/mol. The molecule has 0 aromatic rings. The molecule has 138 valence electrons. The molecule has 1 aliphatic heterocycles. The van der Waals surface area contributed by atoms with E-state index < -0.39 is 18.4 Å². The van der Waals surface area contributed by atoms with E-state index in [-0.39, 0.29) is 5.97 Å². The number of cyclic esters (lactones) is 1. The first-order valence-electron chi connectivity index (χ1n) is 9.83. The minimum absolute atomic E-state index is 0.283. The van der Waals surface area contributed by atoms with Crippen LogP contribution in [0.1, 0.15) is 65.7 Å². The Morgan fingerprint density at radius 2 is 1.67 bits per heavy atom. The molecular weight excluding hydrogens is 407 g/mol. The standard InChI is InChI=1S/C8H9O3.3C4H9.Sn/c1-2-3-4-10-7-5-8(9)11-6-7;3*1-3-4-2;/h1-2,5H,3-4,6H2;3*1,3-4H2,2H3;. The fourth-order valence-electron chi connectivity index (χ4n) is 3.24. The van der Waals surface area contributed by atoms with E-state index in [9.17, 15) is 4.79 Å². The molecular formula is C20H36O3Sn. The van der Waals surface area contributed by atoms with E-state index in [0.29, 0.717) is 19.0 Å². The third kappa shape index (κ3) is 8.59. The number of unbranched alkanes of at least 4 members (excludes halogenated alkanes) is 3. The summed E-state index contributed by atoms with van der Waals surface area (Å²) in [4.78, 5) is 11.0. The Hall–Kier alpha value is -0.451. The van der Waals surface area contributed by atoms with Gasteiger partial charge in [-0.15, -0.1) is 0 Å². The number of rotatable bonds is 14. The van der Waals surface area contributed by atoms with Crippen molar-refractivity contribution in [2.45, 2.75) is 79.0 Å². The zero-order valence-corrected chi connectivity index (χ0v) is 18.8. The van der Waals surface area contributed by atoms with E-state index in [1.165, 1.54) is 57.9 Å². The molecule has 0 atom stereocenters. The molecule has 0 aromatic heterocycles. The second kappa shape index (κ2) is 12.8. The normalized spacial score (nSPS) is 15.0. The molecule has 4 heteroatoms. The van der Waals surface area contributed by atoms with Gasteiger partial charge in [-0.25, -0.2) is 0 Å². The molecule has 0 bridgehead atoms. The average Bonchev–Trinajstić information content (AvgIpc) is 3.00. The Morgan fingerprint density at radius 1 is 1.08 bits per heavy atom. The number of ether oxygens (including phenoxy) is 2. The molecule has 0 N–H and O–H groups in total. The summed E-state index contributed by atoms with van der Waals surface area (Å²) < 4.78 is 17.7. The van der Waals surface area contributed by atoms with Gasteiger partial charge in [-0.05, 0) is 0 Å². The Labute approximate surface area is 152 Å². The van der Waals surface area contributed by atoms with Crippen LogP contribution >= 0.6 is 0 Å². The van der Waals surface area contributed by atoms with Gasteiger partial charge in [0.2, 0.25) is 0 Å². The molecule has 24 heavy (non-hydrogen) atoms. The Kier molecular flexibility index (Phi) is 11.6. The summed E-state index contributed by atoms with van der Waals surface area (Å²) >= 11 is -2.12. The van der Waals surface area contributed by atoms with Crippen LogP contribution in [-0.2, 0) is 14.3 Å². The Bertz CT molecular complexity index is 393. The van der Waals surface area contributed by atoms with Crippen LogP contribution in [0.3, 0.4) is 0 Å². The molecule has 0 spiro atoms. The van der Waals surface area contributed by atoms with E-state index in [2.05, 4.69) is 30.9 Å². The maximum absolute atomic E-state index is 11.0. The molecule has 0 aromatic carbocycles. The summed E-state index contributed by atoms with van der Waals surface area (Å²) in [5.74, 6) is 0.389. The maximum atomic E-state index is 11.0.